The number of guanidine groups is 1. The van der Waals surface area contributed by atoms with E-state index in [1.807, 2.05) is 20.9 Å². The summed E-state index contributed by atoms with van der Waals surface area (Å²) in [5.74, 6) is 1.39. The van der Waals surface area contributed by atoms with Gasteiger partial charge in [-0.2, -0.15) is 0 Å². The van der Waals surface area contributed by atoms with Gasteiger partial charge in [0.15, 0.2) is 5.96 Å². The molecule has 0 saturated carbocycles. The summed E-state index contributed by atoms with van der Waals surface area (Å²) >= 11 is 0. The van der Waals surface area contributed by atoms with Gasteiger partial charge in [0.2, 0.25) is 0 Å². The molecule has 1 unspecified atom stereocenters. The van der Waals surface area contributed by atoms with Crippen LogP contribution in [0.1, 0.15) is 47.0 Å². The fraction of sp³-hybridized carbons (Fsp3) is 0.889. The first-order chi connectivity index (χ1) is 11.5. The molecule has 1 heterocycles. The number of ether oxygens (including phenoxy) is 2. The van der Waals surface area contributed by atoms with E-state index in [1.54, 1.807) is 0 Å². The van der Waals surface area contributed by atoms with Gasteiger partial charge >= 0.3 is 5.97 Å². The number of piperidine rings is 1. The average Bonchev–Trinajstić information content (AvgIpc) is 2.58. The van der Waals surface area contributed by atoms with Crippen LogP contribution in [0, 0.1) is 11.8 Å². The molecule has 1 aliphatic rings. The van der Waals surface area contributed by atoms with Gasteiger partial charge in [0, 0.05) is 33.3 Å². The molecular formula is C18H35N3O3. The third kappa shape index (κ3) is 6.67. The first-order valence-corrected chi connectivity index (χ1v) is 9.27. The van der Waals surface area contributed by atoms with Crippen LogP contribution in [0.4, 0.5) is 0 Å². The molecule has 0 spiro atoms. The molecule has 6 nitrogen and oxygen atoms in total. The van der Waals surface area contributed by atoms with Crippen molar-refractivity contribution in [1.82, 2.24) is 10.2 Å². The molecule has 1 aliphatic heterocycles. The van der Waals surface area contributed by atoms with Gasteiger partial charge in [-0.15, -0.1) is 0 Å². The minimum atomic E-state index is -0.0587. The highest BCUT2D eigenvalue weighted by Crippen LogP contribution is 2.19. The molecule has 0 aromatic heterocycles. The molecule has 0 bridgehead atoms. The molecule has 1 N–H and O–H groups in total. The van der Waals surface area contributed by atoms with Gasteiger partial charge < -0.3 is 19.7 Å². The maximum atomic E-state index is 11.8. The topological polar surface area (TPSA) is 63.2 Å². The van der Waals surface area contributed by atoms with Crippen LogP contribution in [-0.4, -0.2) is 62.8 Å². The van der Waals surface area contributed by atoms with Crippen molar-refractivity contribution in [2.45, 2.75) is 53.1 Å². The normalized spacial score (nSPS) is 17.9. The second-order valence-corrected chi connectivity index (χ2v) is 6.51. The van der Waals surface area contributed by atoms with E-state index >= 15 is 0 Å². The van der Waals surface area contributed by atoms with Gasteiger partial charge in [-0.25, -0.2) is 0 Å². The van der Waals surface area contributed by atoms with Crippen molar-refractivity contribution in [2.24, 2.45) is 16.8 Å². The van der Waals surface area contributed by atoms with Crippen molar-refractivity contribution in [3.63, 3.8) is 0 Å². The molecule has 0 aliphatic carbocycles. The lowest BCUT2D eigenvalue weighted by molar-refractivity contribution is -0.149. The number of rotatable bonds is 8. The van der Waals surface area contributed by atoms with Crippen LogP contribution in [0.15, 0.2) is 4.99 Å². The van der Waals surface area contributed by atoms with Gasteiger partial charge in [-0.1, -0.05) is 13.8 Å². The Morgan fingerprint density at radius 1 is 1.25 bits per heavy atom. The molecular weight excluding hydrogens is 306 g/mol. The maximum absolute atomic E-state index is 11.8. The van der Waals surface area contributed by atoms with E-state index in [0.717, 1.165) is 51.5 Å². The largest absolute Gasteiger partial charge is 0.466 e. The van der Waals surface area contributed by atoms with Crippen LogP contribution in [0.2, 0.25) is 0 Å². The van der Waals surface area contributed by atoms with Crippen LogP contribution < -0.4 is 5.32 Å². The number of carbonyl (C=O) groups is 1. The van der Waals surface area contributed by atoms with Crippen molar-refractivity contribution in [3.8, 4) is 0 Å². The highest BCUT2D eigenvalue weighted by Gasteiger charge is 2.27. The quantitative estimate of drug-likeness (QED) is 0.417. The standard InChI is InChI=1S/C18H35N3O3/c1-6-23-16(14(3)4)8-11-20-18(19-5)21-12-9-15(10-13-21)17(22)24-7-2/h14-16H,6-13H2,1-5H3,(H,19,20). The van der Waals surface area contributed by atoms with E-state index in [2.05, 4.69) is 29.1 Å². The van der Waals surface area contributed by atoms with E-state index in [0.29, 0.717) is 12.5 Å². The Morgan fingerprint density at radius 2 is 1.92 bits per heavy atom. The van der Waals surface area contributed by atoms with E-state index in [9.17, 15) is 4.79 Å². The van der Waals surface area contributed by atoms with Crippen LogP contribution in [0.5, 0.6) is 0 Å². The zero-order valence-corrected chi connectivity index (χ0v) is 16.0. The van der Waals surface area contributed by atoms with Crippen LogP contribution in [0.3, 0.4) is 0 Å². The second kappa shape index (κ2) is 11.3. The lowest BCUT2D eigenvalue weighted by atomic mass is 9.97. The summed E-state index contributed by atoms with van der Waals surface area (Å²) in [6.45, 7) is 12.0. The predicted octanol–water partition coefficient (Wildman–Crippen LogP) is 2.29. The third-order valence-electron chi connectivity index (χ3n) is 4.46. The van der Waals surface area contributed by atoms with Crippen molar-refractivity contribution in [2.75, 3.05) is 39.9 Å². The van der Waals surface area contributed by atoms with E-state index < -0.39 is 0 Å². The smallest absolute Gasteiger partial charge is 0.309 e. The summed E-state index contributed by atoms with van der Waals surface area (Å²) in [4.78, 5) is 18.4. The number of hydrogen-bond donors (Lipinski definition) is 1. The Hall–Kier alpha value is -1.30. The fourth-order valence-electron chi connectivity index (χ4n) is 3.07. The van der Waals surface area contributed by atoms with Crippen LogP contribution in [-0.2, 0) is 14.3 Å². The molecule has 1 saturated heterocycles. The number of esters is 1. The minimum Gasteiger partial charge on any atom is -0.466 e. The maximum Gasteiger partial charge on any atom is 0.309 e. The molecule has 24 heavy (non-hydrogen) atoms. The third-order valence-corrected chi connectivity index (χ3v) is 4.46. The number of likely N-dealkylation sites (tertiary alicyclic amines) is 1. The van der Waals surface area contributed by atoms with Gasteiger partial charge in [-0.05, 0) is 39.0 Å². The van der Waals surface area contributed by atoms with Crippen LogP contribution in [0.25, 0.3) is 0 Å². The molecule has 1 fully saturated rings. The number of hydrogen-bond acceptors (Lipinski definition) is 4. The Morgan fingerprint density at radius 3 is 2.42 bits per heavy atom. The van der Waals surface area contributed by atoms with E-state index in [-0.39, 0.29) is 18.0 Å². The number of carbonyl (C=O) groups excluding carboxylic acids is 1. The highest BCUT2D eigenvalue weighted by atomic mass is 16.5. The Labute approximate surface area is 147 Å². The van der Waals surface area contributed by atoms with Crippen molar-refractivity contribution in [1.29, 1.82) is 0 Å². The summed E-state index contributed by atoms with van der Waals surface area (Å²) in [7, 11) is 1.81. The molecule has 0 aromatic carbocycles. The summed E-state index contributed by atoms with van der Waals surface area (Å²) in [6, 6.07) is 0. The lowest BCUT2D eigenvalue weighted by Gasteiger charge is -2.33. The minimum absolute atomic E-state index is 0.0302. The second-order valence-electron chi connectivity index (χ2n) is 6.51. The Bertz CT molecular complexity index is 391. The van der Waals surface area contributed by atoms with Crippen molar-refractivity contribution in [3.05, 3.63) is 0 Å². The van der Waals surface area contributed by atoms with E-state index in [1.165, 1.54) is 0 Å². The highest BCUT2D eigenvalue weighted by molar-refractivity contribution is 5.80. The average molecular weight is 341 g/mol. The van der Waals surface area contributed by atoms with E-state index in [4.69, 9.17) is 9.47 Å². The van der Waals surface area contributed by atoms with Gasteiger partial charge in [0.25, 0.3) is 0 Å². The van der Waals surface area contributed by atoms with Gasteiger partial charge in [0.1, 0.15) is 0 Å². The molecule has 0 amide bonds. The number of aliphatic imine (C=N–C) groups is 1. The summed E-state index contributed by atoms with van der Waals surface area (Å²) < 4.78 is 10.9. The van der Waals surface area contributed by atoms with Gasteiger partial charge in [-0.3, -0.25) is 9.79 Å². The SMILES string of the molecule is CCOC(=O)C1CCN(C(=NC)NCCC(OCC)C(C)C)CC1. The molecule has 0 radical (unpaired) electrons. The summed E-state index contributed by atoms with van der Waals surface area (Å²) in [5.41, 5.74) is 0. The monoisotopic (exact) mass is 341 g/mol. The summed E-state index contributed by atoms with van der Waals surface area (Å²) in [6.07, 6.45) is 2.89. The first-order valence-electron chi connectivity index (χ1n) is 9.27. The molecule has 1 rings (SSSR count). The zero-order chi connectivity index (χ0) is 17.9. The molecule has 6 heteroatoms. The lowest BCUT2D eigenvalue weighted by Crippen LogP contribution is -2.47. The predicted molar refractivity (Wildman–Crippen MR) is 97.2 cm³/mol. The summed E-state index contributed by atoms with van der Waals surface area (Å²) in [5, 5.41) is 3.43. The number of nitrogens with one attached hydrogen (secondary N) is 1. The first kappa shape index (κ1) is 20.7. The van der Waals surface area contributed by atoms with Crippen LogP contribution >= 0.6 is 0 Å². The van der Waals surface area contributed by atoms with Crippen molar-refractivity contribution >= 4 is 11.9 Å². The fourth-order valence-corrected chi connectivity index (χ4v) is 3.07. The van der Waals surface area contributed by atoms with Gasteiger partial charge in [0.05, 0.1) is 18.6 Å². The Balaban J connectivity index is 2.39. The Kier molecular flexibility index (Phi) is 9.76. The number of nitrogens with zero attached hydrogens (tertiary/aromatic N) is 2. The molecule has 140 valence electrons. The molecule has 0 aromatic rings. The van der Waals surface area contributed by atoms with Crippen molar-refractivity contribution < 1.29 is 14.3 Å². The molecule has 1 atom stereocenters. The zero-order valence-electron chi connectivity index (χ0n) is 16.0.